The van der Waals surface area contributed by atoms with Crippen LogP contribution in [0.25, 0.3) is 0 Å². The highest BCUT2D eigenvalue weighted by Gasteiger charge is 2.65. The minimum absolute atomic E-state index is 0.119. The summed E-state index contributed by atoms with van der Waals surface area (Å²) in [5.74, 6) is 1.05. The van der Waals surface area contributed by atoms with Gasteiger partial charge in [0, 0.05) is 27.0 Å². The Morgan fingerprint density at radius 2 is 1.39 bits per heavy atom. The second-order valence-electron chi connectivity index (χ2n) is 8.99. The second kappa shape index (κ2) is 8.36. The van der Waals surface area contributed by atoms with Crippen LogP contribution in [0.1, 0.15) is 52.8 Å². The molecule has 3 aliphatic rings. The molecule has 1 amide bonds. The lowest BCUT2D eigenvalue weighted by Crippen LogP contribution is -2.55. The van der Waals surface area contributed by atoms with E-state index in [4.69, 9.17) is 4.74 Å². The van der Waals surface area contributed by atoms with Crippen LogP contribution in [0.2, 0.25) is 0 Å². The van der Waals surface area contributed by atoms with Crippen LogP contribution in [0.4, 0.5) is 0 Å². The maximum Gasteiger partial charge on any atom is 0.338 e. The zero-order valence-corrected chi connectivity index (χ0v) is 20.4. The number of benzene rings is 2. The van der Waals surface area contributed by atoms with Crippen LogP contribution in [0.3, 0.4) is 0 Å². The molecule has 0 aromatic heterocycles. The summed E-state index contributed by atoms with van der Waals surface area (Å²) in [6.07, 6.45) is 5.52. The molecule has 0 radical (unpaired) electrons. The van der Waals surface area contributed by atoms with Crippen LogP contribution in [0.15, 0.2) is 57.5 Å². The van der Waals surface area contributed by atoms with Crippen LogP contribution in [-0.4, -0.2) is 35.5 Å². The molecule has 31 heavy (non-hydrogen) atoms. The number of carbonyl (C=O) groups excluding carboxylic acids is 2. The SMILES string of the molecule is O=C(OC[C@H]1CC[C@@H]2CC[C@H]3CCN(C(=O)c4ccc(Br)cc4)[C@@]231)c1ccc(Br)cc1. The molecule has 2 aliphatic carbocycles. The van der Waals surface area contributed by atoms with Crippen LogP contribution in [0.5, 0.6) is 0 Å². The van der Waals surface area contributed by atoms with Gasteiger partial charge in [0.2, 0.25) is 0 Å². The molecular formula is C25H25Br2NO3. The third kappa shape index (κ3) is 3.56. The molecule has 4 nitrogen and oxygen atoms in total. The first-order valence-electron chi connectivity index (χ1n) is 11.0. The largest absolute Gasteiger partial charge is 0.462 e. The number of ether oxygens (including phenoxy) is 1. The van der Waals surface area contributed by atoms with E-state index in [0.717, 1.165) is 40.3 Å². The Kier molecular flexibility index (Phi) is 5.72. The lowest BCUT2D eigenvalue weighted by Gasteiger charge is -2.44. The molecule has 1 heterocycles. The molecule has 5 rings (SSSR count). The Bertz CT molecular complexity index is 983. The highest BCUT2D eigenvalue weighted by atomic mass is 79.9. The zero-order valence-electron chi connectivity index (χ0n) is 17.2. The Hall–Kier alpha value is -1.66. The van der Waals surface area contributed by atoms with Crippen molar-refractivity contribution in [1.82, 2.24) is 4.90 Å². The summed E-state index contributed by atoms with van der Waals surface area (Å²) in [5.41, 5.74) is 1.14. The minimum atomic E-state index is -0.286. The predicted octanol–water partition coefficient (Wildman–Crippen LogP) is 6.09. The molecule has 162 valence electrons. The quantitative estimate of drug-likeness (QED) is 0.436. The van der Waals surface area contributed by atoms with Crippen molar-refractivity contribution in [2.75, 3.05) is 13.2 Å². The molecule has 2 aromatic carbocycles. The Morgan fingerprint density at radius 1 is 0.839 bits per heavy atom. The number of nitrogens with zero attached hydrogens (tertiary/aromatic N) is 1. The number of esters is 1. The first-order valence-corrected chi connectivity index (χ1v) is 12.6. The van der Waals surface area contributed by atoms with Crippen LogP contribution >= 0.6 is 31.9 Å². The fourth-order valence-electron chi connectivity index (χ4n) is 6.48. The molecule has 2 saturated carbocycles. The van der Waals surface area contributed by atoms with Crippen molar-refractivity contribution < 1.29 is 14.3 Å². The van der Waals surface area contributed by atoms with Crippen molar-refractivity contribution in [3.8, 4) is 0 Å². The summed E-state index contributed by atoms with van der Waals surface area (Å²) < 4.78 is 7.72. The third-order valence-corrected chi connectivity index (χ3v) is 8.75. The van der Waals surface area contributed by atoms with Gasteiger partial charge in [-0.3, -0.25) is 4.79 Å². The van der Waals surface area contributed by atoms with E-state index in [2.05, 4.69) is 36.8 Å². The van der Waals surface area contributed by atoms with Gasteiger partial charge in [-0.25, -0.2) is 4.79 Å². The Morgan fingerprint density at radius 3 is 2.03 bits per heavy atom. The van der Waals surface area contributed by atoms with Crippen molar-refractivity contribution in [3.63, 3.8) is 0 Å². The number of carbonyl (C=O) groups is 2. The van der Waals surface area contributed by atoms with Gasteiger partial charge in [-0.2, -0.15) is 0 Å². The summed E-state index contributed by atoms with van der Waals surface area (Å²) in [4.78, 5) is 28.4. The first-order chi connectivity index (χ1) is 15.0. The van der Waals surface area contributed by atoms with E-state index in [-0.39, 0.29) is 23.3 Å². The average Bonchev–Trinajstić information content (AvgIpc) is 3.42. The van der Waals surface area contributed by atoms with Crippen molar-refractivity contribution in [3.05, 3.63) is 68.6 Å². The molecule has 4 atom stereocenters. The Balaban J connectivity index is 1.38. The second-order valence-corrected chi connectivity index (χ2v) is 10.8. The molecule has 1 saturated heterocycles. The first kappa shape index (κ1) is 21.2. The normalized spacial score (nSPS) is 29.0. The van der Waals surface area contributed by atoms with Gasteiger partial charge in [0.25, 0.3) is 5.91 Å². The molecule has 3 fully saturated rings. The fourth-order valence-corrected chi connectivity index (χ4v) is 7.01. The number of rotatable bonds is 4. The lowest BCUT2D eigenvalue weighted by atomic mass is 9.76. The summed E-state index contributed by atoms with van der Waals surface area (Å²) in [7, 11) is 0. The molecular weight excluding hydrogens is 522 g/mol. The lowest BCUT2D eigenvalue weighted by molar-refractivity contribution is 0.00560. The predicted molar refractivity (Wildman–Crippen MR) is 126 cm³/mol. The monoisotopic (exact) mass is 545 g/mol. The standard InChI is InChI=1S/C25H25Br2NO3/c26-21-9-1-16(2-10-21)23(29)28-14-13-19-6-5-18-7-8-20(25(18,19)28)15-31-24(30)17-3-11-22(27)12-4-17/h1-4,9-12,18-20H,5-8,13-15H2/t18-,19-,20+,25-/m0/s1. The average molecular weight is 547 g/mol. The van der Waals surface area contributed by atoms with E-state index in [9.17, 15) is 9.59 Å². The molecule has 0 unspecified atom stereocenters. The van der Waals surface area contributed by atoms with Gasteiger partial charge in [-0.1, -0.05) is 31.9 Å². The van der Waals surface area contributed by atoms with Crippen molar-refractivity contribution >= 4 is 43.7 Å². The van der Waals surface area contributed by atoms with Crippen LogP contribution in [0, 0.1) is 17.8 Å². The molecule has 0 bridgehead atoms. The highest BCUT2D eigenvalue weighted by molar-refractivity contribution is 9.10. The maximum atomic E-state index is 13.6. The maximum absolute atomic E-state index is 13.6. The number of hydrogen-bond acceptors (Lipinski definition) is 3. The van der Waals surface area contributed by atoms with E-state index in [1.807, 2.05) is 36.4 Å². The van der Waals surface area contributed by atoms with E-state index in [1.165, 1.54) is 12.8 Å². The summed E-state index contributed by atoms with van der Waals surface area (Å²) in [6.45, 7) is 1.18. The Labute approximate surface area is 199 Å². The van der Waals surface area contributed by atoms with Gasteiger partial charge >= 0.3 is 5.97 Å². The number of amides is 1. The summed E-state index contributed by atoms with van der Waals surface area (Å²) >= 11 is 6.86. The number of halogens is 2. The van der Waals surface area contributed by atoms with Gasteiger partial charge in [0.15, 0.2) is 0 Å². The van der Waals surface area contributed by atoms with Crippen molar-refractivity contribution in [2.24, 2.45) is 17.8 Å². The van der Waals surface area contributed by atoms with Crippen molar-refractivity contribution in [1.29, 1.82) is 0 Å². The van der Waals surface area contributed by atoms with Crippen LogP contribution in [-0.2, 0) is 4.74 Å². The van der Waals surface area contributed by atoms with Gasteiger partial charge in [-0.15, -0.1) is 0 Å². The smallest absolute Gasteiger partial charge is 0.338 e. The molecule has 1 aliphatic heterocycles. The molecule has 1 spiro atoms. The van der Waals surface area contributed by atoms with Gasteiger partial charge < -0.3 is 9.64 Å². The van der Waals surface area contributed by atoms with Gasteiger partial charge in [0.1, 0.15) is 0 Å². The van der Waals surface area contributed by atoms with Crippen molar-refractivity contribution in [2.45, 2.75) is 37.6 Å². The number of likely N-dealkylation sites (tertiary alicyclic amines) is 1. The minimum Gasteiger partial charge on any atom is -0.462 e. The van der Waals surface area contributed by atoms with Gasteiger partial charge in [0.05, 0.1) is 17.7 Å². The summed E-state index contributed by atoms with van der Waals surface area (Å²) in [5, 5.41) is 0. The molecule has 6 heteroatoms. The molecule has 0 N–H and O–H groups in total. The summed E-state index contributed by atoms with van der Waals surface area (Å²) in [6, 6.07) is 14.9. The van der Waals surface area contributed by atoms with E-state index in [0.29, 0.717) is 24.0 Å². The van der Waals surface area contributed by atoms with E-state index in [1.54, 1.807) is 12.1 Å². The van der Waals surface area contributed by atoms with E-state index < -0.39 is 0 Å². The highest BCUT2D eigenvalue weighted by Crippen LogP contribution is 2.61. The molecule has 2 aromatic rings. The zero-order chi connectivity index (χ0) is 21.6. The number of hydrogen-bond donors (Lipinski definition) is 0. The third-order valence-electron chi connectivity index (χ3n) is 7.69. The van der Waals surface area contributed by atoms with Gasteiger partial charge in [-0.05, 0) is 92.5 Å². The fraction of sp³-hybridized carbons (Fsp3) is 0.440. The topological polar surface area (TPSA) is 46.6 Å². The van der Waals surface area contributed by atoms with E-state index >= 15 is 0 Å². The van der Waals surface area contributed by atoms with Crippen LogP contribution < -0.4 is 0 Å².